The van der Waals surface area contributed by atoms with Crippen molar-refractivity contribution >= 4 is 23.2 Å². The topological polar surface area (TPSA) is 25.8 Å². The standard InChI is InChI=1S/C10H12Cl2N2/c1-3-5-7-9(11)13-8(6-4-2)14-10(7)12/h3H,1,4-6H2,2H3. The summed E-state index contributed by atoms with van der Waals surface area (Å²) in [5, 5.41) is 0.877. The first-order chi connectivity index (χ1) is 6.69. The van der Waals surface area contributed by atoms with E-state index in [1.807, 2.05) is 0 Å². The van der Waals surface area contributed by atoms with Gasteiger partial charge in [0.25, 0.3) is 0 Å². The van der Waals surface area contributed by atoms with Crippen LogP contribution in [0.4, 0.5) is 0 Å². The van der Waals surface area contributed by atoms with E-state index < -0.39 is 0 Å². The van der Waals surface area contributed by atoms with Crippen molar-refractivity contribution in [2.75, 3.05) is 0 Å². The minimum Gasteiger partial charge on any atom is -0.221 e. The van der Waals surface area contributed by atoms with Crippen LogP contribution in [0.5, 0.6) is 0 Å². The van der Waals surface area contributed by atoms with Gasteiger partial charge in [0, 0.05) is 12.0 Å². The summed E-state index contributed by atoms with van der Waals surface area (Å²) < 4.78 is 0. The summed E-state index contributed by atoms with van der Waals surface area (Å²) in [5.74, 6) is 0.704. The van der Waals surface area contributed by atoms with Gasteiger partial charge in [-0.2, -0.15) is 0 Å². The molecular weight excluding hydrogens is 219 g/mol. The smallest absolute Gasteiger partial charge is 0.137 e. The highest BCUT2D eigenvalue weighted by molar-refractivity contribution is 6.34. The van der Waals surface area contributed by atoms with Crippen molar-refractivity contribution in [2.45, 2.75) is 26.2 Å². The number of aromatic nitrogens is 2. The molecule has 0 radical (unpaired) electrons. The molecule has 4 heteroatoms. The van der Waals surface area contributed by atoms with Crippen LogP contribution in [0.2, 0.25) is 10.3 Å². The Morgan fingerprint density at radius 3 is 2.29 bits per heavy atom. The second-order valence-electron chi connectivity index (χ2n) is 2.94. The third-order valence-electron chi connectivity index (χ3n) is 1.77. The molecule has 0 fully saturated rings. The highest BCUT2D eigenvalue weighted by Gasteiger charge is 2.09. The average Bonchev–Trinajstić information content (AvgIpc) is 2.12. The lowest BCUT2D eigenvalue weighted by Crippen LogP contribution is -1.99. The Kier molecular flexibility index (Phi) is 4.36. The Morgan fingerprint density at radius 1 is 1.29 bits per heavy atom. The zero-order valence-electron chi connectivity index (χ0n) is 8.06. The lowest BCUT2D eigenvalue weighted by atomic mass is 10.2. The highest BCUT2D eigenvalue weighted by atomic mass is 35.5. The van der Waals surface area contributed by atoms with E-state index in [0.29, 0.717) is 22.6 Å². The summed E-state index contributed by atoms with van der Waals surface area (Å²) in [5.41, 5.74) is 0.753. The van der Waals surface area contributed by atoms with Crippen LogP contribution in [-0.2, 0) is 12.8 Å². The van der Waals surface area contributed by atoms with E-state index in [-0.39, 0.29) is 0 Å². The molecule has 0 saturated carbocycles. The van der Waals surface area contributed by atoms with Crippen molar-refractivity contribution in [3.63, 3.8) is 0 Å². The first-order valence-electron chi connectivity index (χ1n) is 4.50. The van der Waals surface area contributed by atoms with Gasteiger partial charge < -0.3 is 0 Å². The van der Waals surface area contributed by atoms with Gasteiger partial charge in [-0.25, -0.2) is 9.97 Å². The van der Waals surface area contributed by atoms with Crippen LogP contribution in [-0.4, -0.2) is 9.97 Å². The van der Waals surface area contributed by atoms with Crippen molar-refractivity contribution in [3.05, 3.63) is 34.3 Å². The van der Waals surface area contributed by atoms with Crippen LogP contribution in [0.15, 0.2) is 12.7 Å². The minimum atomic E-state index is 0.438. The Balaban J connectivity index is 3.04. The molecule has 0 atom stereocenters. The summed E-state index contributed by atoms with van der Waals surface area (Å²) >= 11 is 11.9. The Morgan fingerprint density at radius 2 is 1.86 bits per heavy atom. The van der Waals surface area contributed by atoms with Crippen molar-refractivity contribution < 1.29 is 0 Å². The Bertz CT molecular complexity index is 314. The van der Waals surface area contributed by atoms with Crippen LogP contribution < -0.4 is 0 Å². The maximum Gasteiger partial charge on any atom is 0.137 e. The molecule has 0 spiro atoms. The lowest BCUT2D eigenvalue weighted by Gasteiger charge is -2.05. The van der Waals surface area contributed by atoms with E-state index in [2.05, 4.69) is 23.5 Å². The second-order valence-corrected chi connectivity index (χ2v) is 3.66. The first-order valence-corrected chi connectivity index (χ1v) is 5.26. The average molecular weight is 231 g/mol. The quantitative estimate of drug-likeness (QED) is 0.585. The number of hydrogen-bond donors (Lipinski definition) is 0. The van der Waals surface area contributed by atoms with E-state index in [9.17, 15) is 0 Å². The molecule has 1 heterocycles. The van der Waals surface area contributed by atoms with Gasteiger partial charge in [0.1, 0.15) is 16.1 Å². The fraction of sp³-hybridized carbons (Fsp3) is 0.400. The number of rotatable bonds is 4. The van der Waals surface area contributed by atoms with Crippen LogP contribution in [0.25, 0.3) is 0 Å². The maximum absolute atomic E-state index is 5.97. The van der Waals surface area contributed by atoms with Gasteiger partial charge in [0.2, 0.25) is 0 Å². The molecule has 14 heavy (non-hydrogen) atoms. The van der Waals surface area contributed by atoms with E-state index in [1.54, 1.807) is 6.08 Å². The Hall–Kier alpha value is -0.600. The van der Waals surface area contributed by atoms with E-state index in [0.717, 1.165) is 18.4 Å². The van der Waals surface area contributed by atoms with Gasteiger partial charge >= 0.3 is 0 Å². The molecule has 1 aromatic heterocycles. The molecule has 1 aromatic rings. The zero-order chi connectivity index (χ0) is 10.6. The second kappa shape index (κ2) is 5.32. The first kappa shape index (κ1) is 11.5. The van der Waals surface area contributed by atoms with Crippen molar-refractivity contribution in [3.8, 4) is 0 Å². The molecule has 0 unspecified atom stereocenters. The van der Waals surface area contributed by atoms with Crippen LogP contribution >= 0.6 is 23.2 Å². The molecule has 0 aliphatic rings. The minimum absolute atomic E-state index is 0.438. The SMILES string of the molecule is C=CCc1c(Cl)nc(CCC)nc1Cl. The zero-order valence-corrected chi connectivity index (χ0v) is 9.57. The van der Waals surface area contributed by atoms with Crippen LogP contribution in [0.1, 0.15) is 24.7 Å². The molecule has 2 nitrogen and oxygen atoms in total. The molecule has 0 saturated heterocycles. The van der Waals surface area contributed by atoms with Crippen molar-refractivity contribution in [2.24, 2.45) is 0 Å². The normalized spacial score (nSPS) is 10.2. The predicted molar refractivity (Wildman–Crippen MR) is 59.9 cm³/mol. The number of hydrogen-bond acceptors (Lipinski definition) is 2. The maximum atomic E-state index is 5.97. The van der Waals surface area contributed by atoms with Gasteiger partial charge in [0.05, 0.1) is 0 Å². The summed E-state index contributed by atoms with van der Waals surface area (Å²) in [6.07, 6.45) is 4.11. The molecule has 0 bridgehead atoms. The summed E-state index contributed by atoms with van der Waals surface area (Å²) in [6, 6.07) is 0. The molecular formula is C10H12Cl2N2. The molecule has 0 aliphatic heterocycles. The van der Waals surface area contributed by atoms with Crippen molar-refractivity contribution in [1.29, 1.82) is 0 Å². The number of halogens is 2. The van der Waals surface area contributed by atoms with Crippen LogP contribution in [0, 0.1) is 0 Å². The van der Waals surface area contributed by atoms with Gasteiger partial charge in [0.15, 0.2) is 0 Å². The summed E-state index contributed by atoms with van der Waals surface area (Å²) in [7, 11) is 0. The monoisotopic (exact) mass is 230 g/mol. The third-order valence-corrected chi connectivity index (χ3v) is 2.40. The van der Waals surface area contributed by atoms with E-state index in [1.165, 1.54) is 0 Å². The fourth-order valence-electron chi connectivity index (χ4n) is 1.12. The number of aryl methyl sites for hydroxylation is 1. The number of allylic oxidation sites excluding steroid dienone is 1. The van der Waals surface area contributed by atoms with E-state index in [4.69, 9.17) is 23.2 Å². The highest BCUT2D eigenvalue weighted by Crippen LogP contribution is 2.22. The molecule has 0 N–H and O–H groups in total. The van der Waals surface area contributed by atoms with Gasteiger partial charge in [-0.15, -0.1) is 6.58 Å². The van der Waals surface area contributed by atoms with E-state index >= 15 is 0 Å². The number of nitrogens with zero attached hydrogens (tertiary/aromatic N) is 2. The largest absolute Gasteiger partial charge is 0.221 e. The third kappa shape index (κ3) is 2.69. The predicted octanol–water partition coefficient (Wildman–Crippen LogP) is 3.46. The Labute approximate surface area is 94.0 Å². The summed E-state index contributed by atoms with van der Waals surface area (Å²) in [4.78, 5) is 8.33. The molecule has 1 rings (SSSR count). The summed E-state index contributed by atoms with van der Waals surface area (Å²) in [6.45, 7) is 5.68. The molecule has 0 aromatic carbocycles. The fourth-order valence-corrected chi connectivity index (χ4v) is 1.70. The van der Waals surface area contributed by atoms with Gasteiger partial charge in [-0.05, 0) is 12.8 Å². The van der Waals surface area contributed by atoms with Gasteiger partial charge in [-0.3, -0.25) is 0 Å². The molecule has 0 amide bonds. The van der Waals surface area contributed by atoms with Crippen LogP contribution in [0.3, 0.4) is 0 Å². The van der Waals surface area contributed by atoms with Crippen molar-refractivity contribution in [1.82, 2.24) is 9.97 Å². The molecule has 0 aliphatic carbocycles. The van der Waals surface area contributed by atoms with Gasteiger partial charge in [-0.1, -0.05) is 36.2 Å². The lowest BCUT2D eigenvalue weighted by molar-refractivity contribution is 0.828. The molecule has 76 valence electrons.